The Morgan fingerprint density at radius 2 is 1.83 bits per heavy atom. The summed E-state index contributed by atoms with van der Waals surface area (Å²) in [6, 6.07) is 9.83. The lowest BCUT2D eigenvalue weighted by Gasteiger charge is -2.23. The number of nitrogens with one attached hydrogen (secondary N) is 1. The number of carboxylic acids is 1. The van der Waals surface area contributed by atoms with Crippen molar-refractivity contribution in [1.29, 1.82) is 0 Å². The lowest BCUT2D eigenvalue weighted by molar-refractivity contribution is -0.147. The van der Waals surface area contributed by atoms with E-state index in [2.05, 4.69) is 5.32 Å². The Balaban J connectivity index is 1.43. The first-order valence-electron chi connectivity index (χ1n) is 7.97. The summed E-state index contributed by atoms with van der Waals surface area (Å²) in [5, 5.41) is 12.2. The predicted octanol–water partition coefficient (Wildman–Crippen LogP) is 1.84. The maximum Gasteiger partial charge on any atom is 0.307 e. The van der Waals surface area contributed by atoms with E-state index >= 15 is 0 Å². The smallest absolute Gasteiger partial charge is 0.307 e. The molecule has 3 rings (SSSR count). The molecule has 0 unspecified atom stereocenters. The van der Waals surface area contributed by atoms with E-state index in [1.165, 1.54) is 0 Å². The van der Waals surface area contributed by atoms with Crippen molar-refractivity contribution in [2.24, 2.45) is 23.7 Å². The van der Waals surface area contributed by atoms with E-state index in [-0.39, 0.29) is 17.7 Å². The molecule has 122 valence electrons. The van der Waals surface area contributed by atoms with Crippen LogP contribution in [0.4, 0.5) is 0 Å². The number of carboxylic acid groups (broad SMARTS) is 1. The van der Waals surface area contributed by atoms with Gasteiger partial charge >= 0.3 is 5.97 Å². The van der Waals surface area contributed by atoms with Crippen LogP contribution in [0.15, 0.2) is 42.5 Å². The second-order valence-corrected chi connectivity index (χ2v) is 6.17. The summed E-state index contributed by atoms with van der Waals surface area (Å²) in [6.45, 7) is 1.32. The van der Waals surface area contributed by atoms with E-state index in [1.54, 1.807) is 0 Å². The molecule has 1 saturated carbocycles. The van der Waals surface area contributed by atoms with Gasteiger partial charge in [-0.15, -0.1) is 0 Å². The Kier molecular flexibility index (Phi) is 4.76. The van der Waals surface area contributed by atoms with Crippen molar-refractivity contribution in [1.82, 2.24) is 5.32 Å². The number of hydrogen-bond donors (Lipinski definition) is 2. The molecular weight excluding hydrogens is 294 g/mol. The third-order valence-electron chi connectivity index (χ3n) is 4.70. The van der Waals surface area contributed by atoms with Gasteiger partial charge < -0.3 is 15.2 Å². The van der Waals surface area contributed by atoms with Crippen molar-refractivity contribution in [2.75, 3.05) is 13.2 Å². The number of carbonyl (C=O) groups is 2. The highest BCUT2D eigenvalue weighted by molar-refractivity contribution is 5.86. The van der Waals surface area contributed by atoms with Gasteiger partial charge in [0.1, 0.15) is 0 Å². The summed E-state index contributed by atoms with van der Waals surface area (Å²) < 4.78 is 5.52. The van der Waals surface area contributed by atoms with E-state index in [0.29, 0.717) is 19.8 Å². The number of rotatable bonds is 7. The minimum absolute atomic E-state index is 0.00239. The van der Waals surface area contributed by atoms with Gasteiger partial charge in [0.15, 0.2) is 0 Å². The Hall–Kier alpha value is -2.14. The summed E-state index contributed by atoms with van der Waals surface area (Å²) in [6.07, 6.45) is 4.70. The summed E-state index contributed by atoms with van der Waals surface area (Å²) in [4.78, 5) is 23.7. The fraction of sp³-hybridized carbons (Fsp3) is 0.444. The van der Waals surface area contributed by atoms with Crippen molar-refractivity contribution >= 4 is 11.9 Å². The number of fused-ring (bicyclic) bond motifs is 2. The van der Waals surface area contributed by atoms with Gasteiger partial charge in [0.2, 0.25) is 5.91 Å². The zero-order valence-corrected chi connectivity index (χ0v) is 12.9. The second kappa shape index (κ2) is 6.96. The molecule has 0 heterocycles. The Labute approximate surface area is 135 Å². The molecule has 0 radical (unpaired) electrons. The molecule has 5 heteroatoms. The van der Waals surface area contributed by atoms with E-state index in [4.69, 9.17) is 4.74 Å². The number of allylic oxidation sites excluding steroid dienone is 2. The molecule has 5 nitrogen and oxygen atoms in total. The summed E-state index contributed by atoms with van der Waals surface area (Å²) >= 11 is 0. The van der Waals surface area contributed by atoms with Gasteiger partial charge in [-0.2, -0.15) is 0 Å². The monoisotopic (exact) mass is 315 g/mol. The van der Waals surface area contributed by atoms with Crippen LogP contribution in [0, 0.1) is 23.7 Å². The minimum Gasteiger partial charge on any atom is -0.481 e. The van der Waals surface area contributed by atoms with Crippen LogP contribution in [0.5, 0.6) is 0 Å². The Bertz CT molecular complexity index is 598. The van der Waals surface area contributed by atoms with Gasteiger partial charge in [0, 0.05) is 6.54 Å². The number of benzene rings is 1. The molecule has 4 atom stereocenters. The fourth-order valence-electron chi connectivity index (χ4n) is 3.64. The topological polar surface area (TPSA) is 75.6 Å². The van der Waals surface area contributed by atoms with Crippen LogP contribution >= 0.6 is 0 Å². The molecule has 1 aromatic rings. The predicted molar refractivity (Wildman–Crippen MR) is 84.5 cm³/mol. The fourth-order valence-corrected chi connectivity index (χ4v) is 3.64. The van der Waals surface area contributed by atoms with Crippen molar-refractivity contribution in [3.05, 3.63) is 48.0 Å². The molecule has 0 aliphatic heterocycles. The largest absolute Gasteiger partial charge is 0.481 e. The maximum absolute atomic E-state index is 12.3. The van der Waals surface area contributed by atoms with Crippen molar-refractivity contribution in [3.63, 3.8) is 0 Å². The number of hydrogen-bond acceptors (Lipinski definition) is 3. The van der Waals surface area contributed by atoms with Gasteiger partial charge in [0.25, 0.3) is 0 Å². The normalized spacial score (nSPS) is 28.0. The van der Waals surface area contributed by atoms with Gasteiger partial charge in [-0.25, -0.2) is 0 Å². The van der Waals surface area contributed by atoms with Gasteiger partial charge in [-0.1, -0.05) is 42.5 Å². The van der Waals surface area contributed by atoms with E-state index in [0.717, 1.165) is 12.0 Å². The molecule has 1 fully saturated rings. The lowest BCUT2D eigenvalue weighted by Crippen LogP contribution is -2.41. The van der Waals surface area contributed by atoms with Gasteiger partial charge in [0.05, 0.1) is 25.0 Å². The van der Waals surface area contributed by atoms with Gasteiger partial charge in [-0.3, -0.25) is 9.59 Å². The van der Waals surface area contributed by atoms with Crippen LogP contribution in [-0.4, -0.2) is 30.1 Å². The Morgan fingerprint density at radius 3 is 2.52 bits per heavy atom. The maximum atomic E-state index is 12.3. The average molecular weight is 315 g/mol. The third kappa shape index (κ3) is 3.45. The SMILES string of the molecule is O=C(O)[C@H]1[C@H](C(=O)NCCOCc2ccccc2)[C@@H]2C=C[C@@H]1C2. The molecule has 1 aromatic carbocycles. The number of aliphatic carboxylic acids is 1. The summed E-state index contributed by atoms with van der Waals surface area (Å²) in [5.74, 6) is -2.01. The molecule has 2 N–H and O–H groups in total. The zero-order valence-electron chi connectivity index (χ0n) is 12.9. The minimum atomic E-state index is -0.873. The number of ether oxygens (including phenoxy) is 1. The van der Waals surface area contributed by atoms with Crippen LogP contribution in [0.2, 0.25) is 0 Å². The average Bonchev–Trinajstić information content (AvgIpc) is 3.16. The first kappa shape index (κ1) is 15.7. The molecule has 2 bridgehead atoms. The number of amides is 1. The first-order valence-corrected chi connectivity index (χ1v) is 7.97. The van der Waals surface area contributed by atoms with Crippen LogP contribution in [0.1, 0.15) is 12.0 Å². The lowest BCUT2D eigenvalue weighted by atomic mass is 9.82. The summed E-state index contributed by atoms with van der Waals surface area (Å²) in [7, 11) is 0. The van der Waals surface area contributed by atoms with Crippen molar-refractivity contribution < 1.29 is 19.4 Å². The molecule has 0 saturated heterocycles. The molecule has 2 aliphatic rings. The van der Waals surface area contributed by atoms with Crippen molar-refractivity contribution in [3.8, 4) is 0 Å². The molecule has 0 aromatic heterocycles. The quantitative estimate of drug-likeness (QED) is 0.595. The van der Waals surface area contributed by atoms with Crippen LogP contribution in [0.25, 0.3) is 0 Å². The molecule has 23 heavy (non-hydrogen) atoms. The second-order valence-electron chi connectivity index (χ2n) is 6.17. The Morgan fingerprint density at radius 1 is 1.13 bits per heavy atom. The van der Waals surface area contributed by atoms with Crippen LogP contribution < -0.4 is 5.32 Å². The molecule has 0 spiro atoms. The highest BCUT2D eigenvalue weighted by Crippen LogP contribution is 2.48. The van der Waals surface area contributed by atoms with Crippen molar-refractivity contribution in [2.45, 2.75) is 13.0 Å². The first-order chi connectivity index (χ1) is 11.2. The van der Waals surface area contributed by atoms with Crippen LogP contribution in [-0.2, 0) is 20.9 Å². The van der Waals surface area contributed by atoms with Gasteiger partial charge in [-0.05, 0) is 23.8 Å². The molecule has 1 amide bonds. The molecular formula is C18H21NO4. The van der Waals surface area contributed by atoms with E-state index < -0.39 is 17.8 Å². The number of carbonyl (C=O) groups excluding carboxylic acids is 1. The third-order valence-corrected chi connectivity index (χ3v) is 4.70. The standard InChI is InChI=1S/C18H21NO4/c20-17(15-13-6-7-14(10-13)16(15)18(21)22)19-8-9-23-11-12-4-2-1-3-5-12/h1-7,13-16H,8-11H2,(H,19,20)(H,21,22)/t13-,14-,15-,16-/m1/s1. The zero-order chi connectivity index (χ0) is 16.2. The highest BCUT2D eigenvalue weighted by Gasteiger charge is 2.51. The highest BCUT2D eigenvalue weighted by atomic mass is 16.5. The van der Waals surface area contributed by atoms with E-state index in [9.17, 15) is 14.7 Å². The van der Waals surface area contributed by atoms with E-state index in [1.807, 2.05) is 42.5 Å². The summed E-state index contributed by atoms with van der Waals surface area (Å²) in [5.41, 5.74) is 1.09. The van der Waals surface area contributed by atoms with Crippen LogP contribution in [0.3, 0.4) is 0 Å². The molecule has 2 aliphatic carbocycles.